The topological polar surface area (TPSA) is 65.3 Å². The lowest BCUT2D eigenvalue weighted by Crippen LogP contribution is -2.48. The second-order valence-electron chi connectivity index (χ2n) is 6.00. The van der Waals surface area contributed by atoms with Crippen LogP contribution in [0.4, 0.5) is 5.82 Å². The average molecular weight is 323 g/mol. The standard InChI is InChI=1S/C18H21N5O/c1-22-8-9-24-16(18(22)14-6-4-3-5-7-14)13-23(2)17-12-20-15(10-19)11-21-17/h3-7,11-12,16,18H,8-9,13H2,1-2H3/t16-,18-/m0/s1. The Morgan fingerprint density at radius 1 is 1.29 bits per heavy atom. The smallest absolute Gasteiger partial charge is 0.158 e. The quantitative estimate of drug-likeness (QED) is 0.856. The number of hydrogen-bond acceptors (Lipinski definition) is 6. The minimum absolute atomic E-state index is 0.0357. The molecule has 124 valence electrons. The van der Waals surface area contributed by atoms with Crippen LogP contribution >= 0.6 is 0 Å². The molecule has 6 heteroatoms. The number of benzene rings is 1. The highest BCUT2D eigenvalue weighted by atomic mass is 16.5. The van der Waals surface area contributed by atoms with Crippen molar-refractivity contribution < 1.29 is 4.74 Å². The fraction of sp³-hybridized carbons (Fsp3) is 0.389. The van der Waals surface area contributed by atoms with E-state index in [4.69, 9.17) is 10.00 Å². The molecule has 1 aliphatic rings. The van der Waals surface area contributed by atoms with E-state index in [0.29, 0.717) is 12.2 Å². The summed E-state index contributed by atoms with van der Waals surface area (Å²) in [6, 6.07) is 12.6. The van der Waals surface area contributed by atoms with Crippen LogP contribution in [0.3, 0.4) is 0 Å². The van der Waals surface area contributed by atoms with Gasteiger partial charge in [0.05, 0.1) is 31.1 Å². The molecule has 0 spiro atoms. The van der Waals surface area contributed by atoms with Crippen molar-refractivity contribution in [3.63, 3.8) is 0 Å². The Kier molecular flexibility index (Phi) is 5.04. The fourth-order valence-corrected chi connectivity index (χ4v) is 3.07. The zero-order chi connectivity index (χ0) is 16.9. The number of morpholine rings is 1. The predicted octanol–water partition coefficient (Wildman–Crippen LogP) is 1.86. The molecule has 2 aromatic rings. The summed E-state index contributed by atoms with van der Waals surface area (Å²) in [5, 5.41) is 8.83. The summed E-state index contributed by atoms with van der Waals surface area (Å²) < 4.78 is 6.07. The first kappa shape index (κ1) is 16.4. The highest BCUT2D eigenvalue weighted by Crippen LogP contribution is 2.29. The summed E-state index contributed by atoms with van der Waals surface area (Å²) in [6.07, 6.45) is 3.16. The van der Waals surface area contributed by atoms with Gasteiger partial charge in [-0.1, -0.05) is 30.3 Å². The Morgan fingerprint density at radius 2 is 2.08 bits per heavy atom. The average Bonchev–Trinajstić information content (AvgIpc) is 2.62. The Bertz CT molecular complexity index is 698. The van der Waals surface area contributed by atoms with E-state index in [1.165, 1.54) is 11.8 Å². The zero-order valence-electron chi connectivity index (χ0n) is 14.0. The van der Waals surface area contributed by atoms with Crippen molar-refractivity contribution >= 4 is 5.82 Å². The van der Waals surface area contributed by atoms with Crippen molar-refractivity contribution in [2.75, 3.05) is 38.7 Å². The molecule has 0 bridgehead atoms. The predicted molar refractivity (Wildman–Crippen MR) is 91.6 cm³/mol. The lowest BCUT2D eigenvalue weighted by molar-refractivity contribution is -0.0580. The normalized spacial score (nSPS) is 21.2. The van der Waals surface area contributed by atoms with Gasteiger partial charge in [-0.2, -0.15) is 5.26 Å². The third-order valence-electron chi connectivity index (χ3n) is 4.34. The van der Waals surface area contributed by atoms with Crippen LogP contribution in [0.25, 0.3) is 0 Å². The molecule has 24 heavy (non-hydrogen) atoms. The first-order valence-electron chi connectivity index (χ1n) is 7.99. The second kappa shape index (κ2) is 7.39. The monoisotopic (exact) mass is 323 g/mol. The molecule has 0 radical (unpaired) electrons. The lowest BCUT2D eigenvalue weighted by atomic mass is 9.98. The first-order chi connectivity index (χ1) is 11.7. The molecule has 1 aliphatic heterocycles. The molecule has 1 aromatic carbocycles. The number of anilines is 1. The zero-order valence-corrected chi connectivity index (χ0v) is 14.0. The molecule has 1 saturated heterocycles. The number of ether oxygens (including phenoxy) is 1. The second-order valence-corrected chi connectivity index (χ2v) is 6.00. The molecule has 6 nitrogen and oxygen atoms in total. The number of rotatable bonds is 4. The van der Waals surface area contributed by atoms with Crippen LogP contribution in [0.1, 0.15) is 17.3 Å². The van der Waals surface area contributed by atoms with E-state index < -0.39 is 0 Å². The molecular weight excluding hydrogens is 302 g/mol. The van der Waals surface area contributed by atoms with E-state index in [2.05, 4.69) is 46.2 Å². The molecule has 0 amide bonds. The van der Waals surface area contributed by atoms with E-state index in [0.717, 1.165) is 19.0 Å². The number of likely N-dealkylation sites (N-methyl/N-ethyl adjacent to an activating group) is 2. The summed E-state index contributed by atoms with van der Waals surface area (Å²) in [5.41, 5.74) is 1.58. The van der Waals surface area contributed by atoms with Crippen LogP contribution in [0.5, 0.6) is 0 Å². The van der Waals surface area contributed by atoms with Gasteiger partial charge in [0.2, 0.25) is 0 Å². The summed E-state index contributed by atoms with van der Waals surface area (Å²) in [6.45, 7) is 2.33. The maximum Gasteiger partial charge on any atom is 0.158 e. The number of nitrogens with zero attached hydrogens (tertiary/aromatic N) is 5. The number of aromatic nitrogens is 2. The number of nitriles is 1. The van der Waals surface area contributed by atoms with Crippen molar-refractivity contribution in [3.05, 3.63) is 54.0 Å². The van der Waals surface area contributed by atoms with Crippen molar-refractivity contribution in [2.45, 2.75) is 12.1 Å². The van der Waals surface area contributed by atoms with Crippen LogP contribution < -0.4 is 4.90 Å². The highest BCUT2D eigenvalue weighted by molar-refractivity contribution is 5.36. The third kappa shape index (κ3) is 3.53. The molecule has 2 heterocycles. The maximum absolute atomic E-state index is 8.83. The minimum Gasteiger partial charge on any atom is -0.373 e. The SMILES string of the molecule is CN(C[C@@H]1OCCN(C)[C@H]1c1ccccc1)c1cnc(C#N)cn1. The third-order valence-corrected chi connectivity index (χ3v) is 4.34. The van der Waals surface area contributed by atoms with Gasteiger partial charge in [0, 0.05) is 20.1 Å². The van der Waals surface area contributed by atoms with Gasteiger partial charge in [0.25, 0.3) is 0 Å². The Hall–Kier alpha value is -2.49. The molecule has 1 aromatic heterocycles. The molecule has 0 saturated carbocycles. The summed E-state index contributed by atoms with van der Waals surface area (Å²) in [4.78, 5) is 12.7. The molecule has 0 unspecified atom stereocenters. The van der Waals surface area contributed by atoms with Gasteiger partial charge in [-0.3, -0.25) is 4.90 Å². The summed E-state index contributed by atoms with van der Waals surface area (Å²) >= 11 is 0. The molecule has 0 aliphatic carbocycles. The van der Waals surface area contributed by atoms with Gasteiger partial charge < -0.3 is 9.64 Å². The van der Waals surface area contributed by atoms with Crippen molar-refractivity contribution in [2.24, 2.45) is 0 Å². The van der Waals surface area contributed by atoms with Crippen LogP contribution in [0.15, 0.2) is 42.7 Å². The van der Waals surface area contributed by atoms with Crippen molar-refractivity contribution in [1.29, 1.82) is 5.26 Å². The summed E-state index contributed by atoms with van der Waals surface area (Å²) in [7, 11) is 4.10. The largest absolute Gasteiger partial charge is 0.373 e. The maximum atomic E-state index is 8.83. The van der Waals surface area contributed by atoms with E-state index in [1.807, 2.05) is 24.1 Å². The van der Waals surface area contributed by atoms with Crippen LogP contribution in [0, 0.1) is 11.3 Å². The van der Waals surface area contributed by atoms with E-state index in [1.54, 1.807) is 6.20 Å². The van der Waals surface area contributed by atoms with Crippen molar-refractivity contribution in [1.82, 2.24) is 14.9 Å². The Balaban J connectivity index is 1.77. The Labute approximate surface area is 142 Å². The molecular formula is C18H21N5O. The Morgan fingerprint density at radius 3 is 2.75 bits per heavy atom. The van der Waals surface area contributed by atoms with Gasteiger partial charge in [0.1, 0.15) is 11.9 Å². The van der Waals surface area contributed by atoms with E-state index in [-0.39, 0.29) is 12.1 Å². The fourth-order valence-electron chi connectivity index (χ4n) is 3.07. The van der Waals surface area contributed by atoms with Gasteiger partial charge in [-0.15, -0.1) is 0 Å². The molecule has 1 fully saturated rings. The molecule has 3 rings (SSSR count). The van der Waals surface area contributed by atoms with Crippen LogP contribution in [-0.2, 0) is 4.74 Å². The van der Waals surface area contributed by atoms with Crippen molar-refractivity contribution in [3.8, 4) is 6.07 Å². The van der Waals surface area contributed by atoms with E-state index in [9.17, 15) is 0 Å². The molecule has 2 atom stereocenters. The van der Waals surface area contributed by atoms with E-state index >= 15 is 0 Å². The minimum atomic E-state index is 0.0357. The van der Waals surface area contributed by atoms with Gasteiger partial charge in [0.15, 0.2) is 5.69 Å². The number of hydrogen-bond donors (Lipinski definition) is 0. The lowest BCUT2D eigenvalue weighted by Gasteiger charge is -2.41. The highest BCUT2D eigenvalue weighted by Gasteiger charge is 2.32. The van der Waals surface area contributed by atoms with Gasteiger partial charge in [-0.25, -0.2) is 9.97 Å². The van der Waals surface area contributed by atoms with Crippen LogP contribution in [0.2, 0.25) is 0 Å². The molecule has 0 N–H and O–H groups in total. The van der Waals surface area contributed by atoms with Gasteiger partial charge in [-0.05, 0) is 12.6 Å². The first-order valence-corrected chi connectivity index (χ1v) is 7.99. The van der Waals surface area contributed by atoms with Gasteiger partial charge >= 0.3 is 0 Å². The van der Waals surface area contributed by atoms with Crippen LogP contribution in [-0.4, -0.2) is 54.8 Å². The summed E-state index contributed by atoms with van der Waals surface area (Å²) in [5.74, 6) is 0.734.